The van der Waals surface area contributed by atoms with Crippen LogP contribution in [0.1, 0.15) is 30.3 Å². The number of aromatic amines is 1. The third-order valence-electron chi connectivity index (χ3n) is 5.83. The van der Waals surface area contributed by atoms with Gasteiger partial charge in [0.25, 0.3) is 5.56 Å². The first-order chi connectivity index (χ1) is 15.2. The molecule has 0 saturated carbocycles. The molecule has 5 rings (SSSR count). The van der Waals surface area contributed by atoms with E-state index in [1.807, 2.05) is 41.1 Å². The highest BCUT2D eigenvalue weighted by molar-refractivity contribution is 5.73. The minimum atomic E-state index is -0.153. The van der Waals surface area contributed by atoms with Gasteiger partial charge in [0.05, 0.1) is 19.3 Å². The van der Waals surface area contributed by atoms with Crippen molar-refractivity contribution in [1.82, 2.24) is 19.7 Å². The lowest BCUT2D eigenvalue weighted by Gasteiger charge is -2.22. The molecule has 7 heteroatoms. The number of rotatable bonds is 5. The van der Waals surface area contributed by atoms with E-state index in [9.17, 15) is 4.79 Å². The number of aromatic nitrogens is 4. The summed E-state index contributed by atoms with van der Waals surface area (Å²) < 4.78 is 12.6. The van der Waals surface area contributed by atoms with E-state index >= 15 is 0 Å². The van der Waals surface area contributed by atoms with Gasteiger partial charge in [-0.3, -0.25) is 4.79 Å². The maximum atomic E-state index is 12.7. The average Bonchev–Trinajstić information content (AvgIpc) is 3.25. The predicted octanol–water partition coefficient (Wildman–Crippen LogP) is 3.74. The number of fused-ring (bicyclic) bond motifs is 1. The van der Waals surface area contributed by atoms with Gasteiger partial charge in [-0.05, 0) is 41.7 Å². The van der Waals surface area contributed by atoms with E-state index in [0.717, 1.165) is 35.3 Å². The van der Waals surface area contributed by atoms with Gasteiger partial charge in [0.2, 0.25) is 0 Å². The van der Waals surface area contributed by atoms with Crippen molar-refractivity contribution < 1.29 is 9.47 Å². The molecule has 0 amide bonds. The Morgan fingerprint density at radius 1 is 1.13 bits per heavy atom. The van der Waals surface area contributed by atoms with E-state index in [2.05, 4.69) is 22.2 Å². The SMILES string of the molecule is COc1ccc(-c2ccccc2Cc2nc3c(cnn3C3CCOCC3)c(=O)[nH]2)cc1. The van der Waals surface area contributed by atoms with Crippen molar-refractivity contribution in [3.05, 3.63) is 76.5 Å². The summed E-state index contributed by atoms with van der Waals surface area (Å²) in [6.07, 6.45) is 3.89. The first-order valence-electron chi connectivity index (χ1n) is 10.5. The van der Waals surface area contributed by atoms with Crippen LogP contribution in [-0.2, 0) is 11.2 Å². The van der Waals surface area contributed by atoms with Crippen molar-refractivity contribution in [2.75, 3.05) is 20.3 Å². The predicted molar refractivity (Wildman–Crippen MR) is 118 cm³/mol. The summed E-state index contributed by atoms with van der Waals surface area (Å²) in [7, 11) is 1.66. The zero-order valence-electron chi connectivity index (χ0n) is 17.4. The molecule has 1 fully saturated rings. The first-order valence-corrected chi connectivity index (χ1v) is 10.5. The lowest BCUT2D eigenvalue weighted by molar-refractivity contribution is 0.0673. The van der Waals surface area contributed by atoms with Crippen LogP contribution < -0.4 is 10.3 Å². The molecule has 2 aromatic carbocycles. The molecule has 2 aromatic heterocycles. The van der Waals surface area contributed by atoms with Gasteiger partial charge in [0.1, 0.15) is 17.0 Å². The van der Waals surface area contributed by atoms with Gasteiger partial charge in [-0.15, -0.1) is 0 Å². The summed E-state index contributed by atoms with van der Waals surface area (Å²) in [4.78, 5) is 20.5. The van der Waals surface area contributed by atoms with E-state index < -0.39 is 0 Å². The van der Waals surface area contributed by atoms with Crippen LogP contribution in [0.4, 0.5) is 0 Å². The molecular weight excluding hydrogens is 392 g/mol. The molecule has 1 aliphatic heterocycles. The Balaban J connectivity index is 1.51. The maximum Gasteiger partial charge on any atom is 0.262 e. The van der Waals surface area contributed by atoms with Crippen LogP contribution in [0.5, 0.6) is 5.75 Å². The van der Waals surface area contributed by atoms with Crippen molar-refractivity contribution in [1.29, 1.82) is 0 Å². The highest BCUT2D eigenvalue weighted by Crippen LogP contribution is 2.27. The smallest absolute Gasteiger partial charge is 0.262 e. The number of methoxy groups -OCH3 is 1. The zero-order valence-corrected chi connectivity index (χ0v) is 17.4. The fraction of sp³-hybridized carbons (Fsp3) is 0.292. The van der Waals surface area contributed by atoms with Crippen LogP contribution in [0.2, 0.25) is 0 Å². The highest BCUT2D eigenvalue weighted by Gasteiger charge is 2.21. The third kappa shape index (κ3) is 3.84. The molecule has 0 bridgehead atoms. The molecule has 3 heterocycles. The third-order valence-corrected chi connectivity index (χ3v) is 5.83. The quantitative estimate of drug-likeness (QED) is 0.536. The van der Waals surface area contributed by atoms with Crippen molar-refractivity contribution in [3.8, 4) is 16.9 Å². The van der Waals surface area contributed by atoms with E-state index in [-0.39, 0.29) is 11.6 Å². The number of nitrogens with zero attached hydrogens (tertiary/aromatic N) is 3. The fourth-order valence-corrected chi connectivity index (χ4v) is 4.17. The van der Waals surface area contributed by atoms with Crippen LogP contribution in [0, 0.1) is 0 Å². The second-order valence-corrected chi connectivity index (χ2v) is 7.75. The number of ether oxygens (including phenoxy) is 2. The molecule has 0 spiro atoms. The summed E-state index contributed by atoms with van der Waals surface area (Å²) in [6, 6.07) is 16.4. The van der Waals surface area contributed by atoms with E-state index in [0.29, 0.717) is 36.5 Å². The summed E-state index contributed by atoms with van der Waals surface area (Å²) >= 11 is 0. The Hall–Kier alpha value is -3.45. The van der Waals surface area contributed by atoms with Gasteiger partial charge in [0.15, 0.2) is 5.65 Å². The van der Waals surface area contributed by atoms with E-state index in [1.54, 1.807) is 13.3 Å². The topological polar surface area (TPSA) is 82.0 Å². The molecule has 1 N–H and O–H groups in total. The molecule has 0 atom stereocenters. The van der Waals surface area contributed by atoms with Crippen molar-refractivity contribution in [2.45, 2.75) is 25.3 Å². The Labute approximate surface area is 179 Å². The molecule has 31 heavy (non-hydrogen) atoms. The number of nitrogens with one attached hydrogen (secondary N) is 1. The molecule has 4 aromatic rings. The van der Waals surface area contributed by atoms with Gasteiger partial charge in [-0.2, -0.15) is 5.10 Å². The Kier molecular flexibility index (Phi) is 5.26. The maximum absolute atomic E-state index is 12.7. The van der Waals surface area contributed by atoms with Gasteiger partial charge < -0.3 is 14.5 Å². The van der Waals surface area contributed by atoms with Crippen LogP contribution in [0.15, 0.2) is 59.5 Å². The minimum absolute atomic E-state index is 0.153. The molecule has 0 aliphatic carbocycles. The van der Waals surface area contributed by atoms with Crippen LogP contribution in [0.25, 0.3) is 22.2 Å². The molecule has 0 radical (unpaired) electrons. The number of benzene rings is 2. The largest absolute Gasteiger partial charge is 0.497 e. The number of hydrogen-bond acceptors (Lipinski definition) is 5. The number of hydrogen-bond donors (Lipinski definition) is 1. The van der Waals surface area contributed by atoms with Gasteiger partial charge in [-0.1, -0.05) is 36.4 Å². The lowest BCUT2D eigenvalue weighted by Crippen LogP contribution is -2.21. The van der Waals surface area contributed by atoms with Crippen molar-refractivity contribution >= 4 is 11.0 Å². The Morgan fingerprint density at radius 3 is 2.68 bits per heavy atom. The monoisotopic (exact) mass is 416 g/mol. The van der Waals surface area contributed by atoms with Crippen LogP contribution >= 0.6 is 0 Å². The summed E-state index contributed by atoms with van der Waals surface area (Å²) in [6.45, 7) is 1.41. The van der Waals surface area contributed by atoms with E-state index in [1.165, 1.54) is 0 Å². The number of H-pyrrole nitrogens is 1. The van der Waals surface area contributed by atoms with Crippen LogP contribution in [0.3, 0.4) is 0 Å². The average molecular weight is 416 g/mol. The molecule has 7 nitrogen and oxygen atoms in total. The summed E-state index contributed by atoms with van der Waals surface area (Å²) in [5.74, 6) is 1.45. The second kappa shape index (κ2) is 8.35. The van der Waals surface area contributed by atoms with Gasteiger partial charge >= 0.3 is 0 Å². The second-order valence-electron chi connectivity index (χ2n) is 7.75. The minimum Gasteiger partial charge on any atom is -0.497 e. The van der Waals surface area contributed by atoms with E-state index in [4.69, 9.17) is 14.5 Å². The van der Waals surface area contributed by atoms with Gasteiger partial charge in [0, 0.05) is 19.6 Å². The van der Waals surface area contributed by atoms with Gasteiger partial charge in [-0.25, -0.2) is 9.67 Å². The summed E-state index contributed by atoms with van der Waals surface area (Å²) in [5.41, 5.74) is 3.78. The molecular formula is C24H24N4O3. The molecule has 1 aliphatic rings. The standard InChI is InChI=1S/C24H24N4O3/c1-30-19-8-6-16(7-9-19)20-5-3-2-4-17(20)14-22-26-23-21(24(29)27-22)15-25-28(23)18-10-12-31-13-11-18/h2-9,15,18H,10-14H2,1H3,(H,26,27,29). The van der Waals surface area contributed by atoms with Crippen LogP contribution in [-0.4, -0.2) is 40.1 Å². The summed E-state index contributed by atoms with van der Waals surface area (Å²) in [5, 5.41) is 5.00. The molecule has 1 saturated heterocycles. The lowest BCUT2D eigenvalue weighted by atomic mass is 9.97. The molecule has 158 valence electrons. The zero-order chi connectivity index (χ0) is 21.2. The first kappa shape index (κ1) is 19.5. The Morgan fingerprint density at radius 2 is 1.90 bits per heavy atom. The molecule has 0 unspecified atom stereocenters. The van der Waals surface area contributed by atoms with Crippen molar-refractivity contribution in [2.24, 2.45) is 0 Å². The Bertz CT molecular complexity index is 1250. The highest BCUT2D eigenvalue weighted by atomic mass is 16.5. The van der Waals surface area contributed by atoms with Crippen molar-refractivity contribution in [3.63, 3.8) is 0 Å². The normalized spacial score (nSPS) is 14.7. The fourth-order valence-electron chi connectivity index (χ4n) is 4.17.